The minimum atomic E-state index is 0.290. The Bertz CT molecular complexity index is 2540. The normalized spacial score (nSPS) is 33.6. The van der Waals surface area contributed by atoms with Crippen LogP contribution in [-0.2, 0) is 6.42 Å². The molecule has 0 saturated heterocycles. The number of nitrogens with zero attached hydrogens (tertiary/aromatic N) is 1. The van der Waals surface area contributed by atoms with Crippen LogP contribution in [0.5, 0.6) is 0 Å². The second-order valence-corrected chi connectivity index (χ2v) is 20.9. The van der Waals surface area contributed by atoms with Crippen molar-refractivity contribution >= 4 is 40.4 Å². The van der Waals surface area contributed by atoms with Gasteiger partial charge in [0, 0.05) is 50.1 Å². The standard InChI is InChI=1S/C56H57NS2/c1-2-13-37(14-3-1)44-22-11-23-48-49-24-12-25-52(56(49)59-55(44)48)57(40-30-27-38(28-31-40)42-21-10-16-36-15-4-5-17-41(36)42)51-33-32-43(45-18-6-7-19-46(45)51)39-29-34-54-50(35-39)47-20-8-9-26-53(47)58-54/h2,4,7,9-10,13,15-16,19,21-22,24,26-30,32-35,37,40-43,45,50,54H,1,3,5-6,8,11-12,14,17-18,20,23,25,31H2. The molecule has 0 saturated carbocycles. The van der Waals surface area contributed by atoms with Crippen LogP contribution in [0.1, 0.15) is 93.9 Å². The molecular weight excluding hydrogens is 751 g/mol. The van der Waals surface area contributed by atoms with Crippen LogP contribution in [0.15, 0.2) is 160 Å². The Labute approximate surface area is 360 Å². The summed E-state index contributed by atoms with van der Waals surface area (Å²) in [6.07, 6.45) is 69.4. The maximum Gasteiger partial charge on any atom is 0.0557 e. The van der Waals surface area contributed by atoms with Crippen LogP contribution in [0.3, 0.4) is 0 Å². The monoisotopic (exact) mass is 807 g/mol. The van der Waals surface area contributed by atoms with Gasteiger partial charge in [0.05, 0.1) is 10.6 Å². The van der Waals surface area contributed by atoms with Crippen molar-refractivity contribution < 1.29 is 0 Å². The van der Waals surface area contributed by atoms with Crippen molar-refractivity contribution in [1.82, 2.24) is 4.90 Å². The quantitative estimate of drug-likeness (QED) is 0.263. The molecule has 2 heterocycles. The van der Waals surface area contributed by atoms with Crippen molar-refractivity contribution in [2.24, 2.45) is 35.5 Å². The first-order chi connectivity index (χ1) is 29.3. The van der Waals surface area contributed by atoms with Crippen LogP contribution < -0.4 is 9.75 Å². The zero-order valence-electron chi connectivity index (χ0n) is 34.4. The first-order valence-electron chi connectivity index (χ1n) is 23.3. The van der Waals surface area contributed by atoms with Gasteiger partial charge in [-0.25, -0.2) is 0 Å². The smallest absolute Gasteiger partial charge is 0.0557 e. The largest absolute Gasteiger partial charge is 0.336 e. The highest BCUT2D eigenvalue weighted by atomic mass is 32.2. The third kappa shape index (κ3) is 6.39. The van der Waals surface area contributed by atoms with Gasteiger partial charge in [-0.15, -0.1) is 23.1 Å². The van der Waals surface area contributed by atoms with E-state index >= 15 is 0 Å². The van der Waals surface area contributed by atoms with E-state index in [1.54, 1.807) is 53.1 Å². The lowest BCUT2D eigenvalue weighted by atomic mass is 9.70. The molecule has 11 aliphatic rings. The third-order valence-electron chi connectivity index (χ3n) is 15.5. The van der Waals surface area contributed by atoms with Gasteiger partial charge < -0.3 is 4.90 Å². The predicted molar refractivity (Wildman–Crippen MR) is 253 cm³/mol. The van der Waals surface area contributed by atoms with E-state index in [0.29, 0.717) is 46.8 Å². The number of hydrogen-bond donors (Lipinski definition) is 0. The van der Waals surface area contributed by atoms with Crippen LogP contribution in [0.25, 0.3) is 17.3 Å². The molecule has 8 unspecified atom stereocenters. The molecule has 3 heteroatoms. The van der Waals surface area contributed by atoms with Gasteiger partial charge in [0.1, 0.15) is 0 Å². The number of allylic oxidation sites excluding steroid dienone is 23. The molecule has 1 nitrogen and oxygen atoms in total. The highest BCUT2D eigenvalue weighted by Crippen LogP contribution is 2.52. The van der Waals surface area contributed by atoms with E-state index in [-0.39, 0.29) is 0 Å². The van der Waals surface area contributed by atoms with Gasteiger partial charge in [0.15, 0.2) is 0 Å². The Balaban J connectivity index is 0.954. The molecule has 10 aliphatic carbocycles. The van der Waals surface area contributed by atoms with E-state index in [1.807, 2.05) is 0 Å². The summed E-state index contributed by atoms with van der Waals surface area (Å²) in [4.78, 5) is 6.03. The molecular formula is C56H57NS2. The molecule has 8 atom stereocenters. The van der Waals surface area contributed by atoms with Crippen molar-refractivity contribution in [3.63, 3.8) is 0 Å². The van der Waals surface area contributed by atoms with Gasteiger partial charge in [0.2, 0.25) is 0 Å². The van der Waals surface area contributed by atoms with Crippen LogP contribution in [-0.4, -0.2) is 16.2 Å². The highest BCUT2D eigenvalue weighted by Gasteiger charge is 2.40. The maximum atomic E-state index is 2.89. The lowest BCUT2D eigenvalue weighted by Crippen LogP contribution is -2.41. The molecule has 0 N–H and O–H groups in total. The van der Waals surface area contributed by atoms with E-state index in [2.05, 4.69) is 156 Å². The van der Waals surface area contributed by atoms with Crippen LogP contribution in [0.2, 0.25) is 0 Å². The third-order valence-corrected chi connectivity index (χ3v) is 18.2. The summed E-state index contributed by atoms with van der Waals surface area (Å²) >= 11 is 4.24. The topological polar surface area (TPSA) is 3.24 Å². The molecule has 12 rings (SSSR count). The summed E-state index contributed by atoms with van der Waals surface area (Å²) in [6, 6.07) is 0.290. The Hall–Kier alpha value is -4.05. The number of fused-ring (bicyclic) bond motifs is 7. The lowest BCUT2D eigenvalue weighted by Gasteiger charge is -2.42. The summed E-state index contributed by atoms with van der Waals surface area (Å²) in [5, 5.41) is 2.14. The predicted octanol–water partition coefficient (Wildman–Crippen LogP) is 13.0. The fourth-order valence-electron chi connectivity index (χ4n) is 12.6. The fourth-order valence-corrected chi connectivity index (χ4v) is 15.5. The molecule has 298 valence electrons. The fraction of sp³-hybridized carbons (Fsp3) is 0.393. The second-order valence-electron chi connectivity index (χ2n) is 18.7. The summed E-state index contributed by atoms with van der Waals surface area (Å²) in [6.45, 7) is 0. The van der Waals surface area contributed by atoms with E-state index < -0.39 is 0 Å². The minimum Gasteiger partial charge on any atom is -0.336 e. The Kier molecular flexibility index (Phi) is 9.63. The average Bonchev–Trinajstić information content (AvgIpc) is 3.88. The van der Waals surface area contributed by atoms with Crippen molar-refractivity contribution in [3.8, 4) is 0 Å². The zero-order valence-corrected chi connectivity index (χ0v) is 36.0. The number of thiophene rings is 1. The van der Waals surface area contributed by atoms with E-state index in [9.17, 15) is 0 Å². The maximum absolute atomic E-state index is 2.89. The lowest BCUT2D eigenvalue weighted by molar-refractivity contribution is 0.377. The van der Waals surface area contributed by atoms with Crippen molar-refractivity contribution in [1.29, 1.82) is 0 Å². The van der Waals surface area contributed by atoms with E-state index in [1.165, 1.54) is 87.5 Å². The van der Waals surface area contributed by atoms with Gasteiger partial charge in [-0.3, -0.25) is 0 Å². The van der Waals surface area contributed by atoms with Gasteiger partial charge in [-0.1, -0.05) is 122 Å². The second kappa shape index (κ2) is 15.4. The Morgan fingerprint density at radius 1 is 0.627 bits per heavy atom. The number of hydrogen-bond acceptors (Lipinski definition) is 3. The summed E-state index contributed by atoms with van der Waals surface area (Å²) in [7, 11) is 0. The first-order valence-corrected chi connectivity index (χ1v) is 25.0. The van der Waals surface area contributed by atoms with Gasteiger partial charge in [-0.2, -0.15) is 0 Å². The molecule has 0 amide bonds. The van der Waals surface area contributed by atoms with Crippen LogP contribution in [0, 0.1) is 35.5 Å². The first kappa shape index (κ1) is 36.8. The van der Waals surface area contributed by atoms with Crippen molar-refractivity contribution in [2.45, 2.75) is 101 Å². The SMILES string of the molecule is C1=CC(C2=CCC(N(C3=C4C=CCCC4C(C4=CC5C6=C(C=CCC6)SC5C=C4)C=C3)C3=c4sc5c(c4=CCC3)CCC=C5C3C=CCCC3)C=C2)C2CCC=CC2=C1. The molecule has 1 aliphatic heterocycles. The van der Waals surface area contributed by atoms with Gasteiger partial charge in [-0.05, 0) is 152 Å². The van der Waals surface area contributed by atoms with E-state index in [0.717, 1.165) is 19.3 Å². The highest BCUT2D eigenvalue weighted by molar-refractivity contribution is 8.04. The summed E-state index contributed by atoms with van der Waals surface area (Å²) in [5.74, 6) is 3.14. The molecule has 0 spiro atoms. The van der Waals surface area contributed by atoms with Crippen LogP contribution in [0.4, 0.5) is 0 Å². The van der Waals surface area contributed by atoms with Crippen molar-refractivity contribution in [3.05, 3.63) is 180 Å². The summed E-state index contributed by atoms with van der Waals surface area (Å²) < 4.78 is 1.56. The molecule has 59 heavy (non-hydrogen) atoms. The Morgan fingerprint density at radius 2 is 1.51 bits per heavy atom. The average molecular weight is 808 g/mol. The van der Waals surface area contributed by atoms with E-state index in [4.69, 9.17) is 0 Å². The molecule has 1 aromatic heterocycles. The van der Waals surface area contributed by atoms with Gasteiger partial charge in [0.25, 0.3) is 0 Å². The molecule has 0 fully saturated rings. The Morgan fingerprint density at radius 3 is 2.42 bits per heavy atom. The number of thioether (sulfide) groups is 1. The molecule has 0 bridgehead atoms. The molecule has 1 aromatic rings. The summed E-state index contributed by atoms with van der Waals surface area (Å²) in [5.41, 5.74) is 14.2. The van der Waals surface area contributed by atoms with Crippen molar-refractivity contribution in [2.75, 3.05) is 0 Å². The zero-order chi connectivity index (χ0) is 38.9. The number of rotatable bonds is 6. The molecule has 0 aromatic carbocycles. The van der Waals surface area contributed by atoms with Gasteiger partial charge >= 0.3 is 0 Å². The molecule has 0 radical (unpaired) electrons. The minimum absolute atomic E-state index is 0.290. The van der Waals surface area contributed by atoms with Crippen LogP contribution >= 0.6 is 23.1 Å².